The van der Waals surface area contributed by atoms with Crippen molar-refractivity contribution in [2.75, 3.05) is 13.1 Å². The Morgan fingerprint density at radius 1 is 1.35 bits per heavy atom. The highest BCUT2D eigenvalue weighted by atomic mass is 19.1. The van der Waals surface area contributed by atoms with Crippen molar-refractivity contribution in [3.63, 3.8) is 0 Å². The highest BCUT2D eigenvalue weighted by Crippen LogP contribution is 2.21. The maximum atomic E-state index is 13.2. The molecule has 122 valence electrons. The van der Waals surface area contributed by atoms with E-state index in [2.05, 4.69) is 10.2 Å². The second kappa shape index (κ2) is 6.89. The molecule has 3 rings (SSSR count). The Balaban J connectivity index is 1.50. The number of likely N-dealkylation sites (tertiary alicyclic amines) is 1. The quantitative estimate of drug-likeness (QED) is 0.866. The molecule has 1 amide bonds. The number of aryl methyl sites for hydroxylation is 1. The summed E-state index contributed by atoms with van der Waals surface area (Å²) >= 11 is 0. The van der Waals surface area contributed by atoms with Gasteiger partial charge in [-0.1, -0.05) is 12.1 Å². The molecule has 1 aliphatic rings. The minimum Gasteiger partial charge on any atom is -0.342 e. The lowest BCUT2D eigenvalue weighted by molar-refractivity contribution is -0.131. The second-order valence-electron chi connectivity index (χ2n) is 6.19. The summed E-state index contributed by atoms with van der Waals surface area (Å²) in [6, 6.07) is 6.26. The number of rotatable bonds is 4. The molecule has 2 heterocycles. The third-order valence-electron chi connectivity index (χ3n) is 4.49. The summed E-state index contributed by atoms with van der Waals surface area (Å²) in [6.07, 6.45) is 4.84. The zero-order valence-corrected chi connectivity index (χ0v) is 13.3. The molecular formula is C17H21FN4O. The molecule has 0 atom stereocenters. The van der Waals surface area contributed by atoms with Gasteiger partial charge in [0.25, 0.3) is 0 Å². The Morgan fingerprint density at radius 2 is 2.13 bits per heavy atom. The van der Waals surface area contributed by atoms with Gasteiger partial charge >= 0.3 is 0 Å². The number of carbonyl (C=O) groups is 1. The first-order chi connectivity index (χ1) is 11.1. The van der Waals surface area contributed by atoms with E-state index < -0.39 is 0 Å². The molecule has 2 aromatic rings. The van der Waals surface area contributed by atoms with Gasteiger partial charge in [0.1, 0.15) is 18.0 Å². The van der Waals surface area contributed by atoms with E-state index in [1.54, 1.807) is 18.5 Å². The zero-order valence-electron chi connectivity index (χ0n) is 13.3. The van der Waals surface area contributed by atoms with Gasteiger partial charge in [-0.2, -0.15) is 0 Å². The molecule has 1 aliphatic heterocycles. The van der Waals surface area contributed by atoms with E-state index in [4.69, 9.17) is 0 Å². The highest BCUT2D eigenvalue weighted by Gasteiger charge is 2.24. The average Bonchev–Trinajstić information content (AvgIpc) is 2.93. The number of aromatic nitrogens is 3. The molecule has 1 aromatic heterocycles. The fraction of sp³-hybridized carbons (Fsp3) is 0.471. The van der Waals surface area contributed by atoms with Gasteiger partial charge in [0, 0.05) is 26.6 Å². The van der Waals surface area contributed by atoms with Crippen molar-refractivity contribution in [3.8, 4) is 0 Å². The summed E-state index contributed by atoms with van der Waals surface area (Å²) in [4.78, 5) is 14.2. The smallest absolute Gasteiger partial charge is 0.226 e. The van der Waals surface area contributed by atoms with Crippen molar-refractivity contribution in [3.05, 3.63) is 47.8 Å². The Labute approximate surface area is 135 Å². The average molecular weight is 316 g/mol. The lowest BCUT2D eigenvalue weighted by Crippen LogP contribution is -2.39. The Bertz CT molecular complexity index is 677. The third-order valence-corrected chi connectivity index (χ3v) is 4.49. The van der Waals surface area contributed by atoms with Gasteiger partial charge in [0.15, 0.2) is 0 Å². The number of halogens is 1. The van der Waals surface area contributed by atoms with Gasteiger partial charge in [0.2, 0.25) is 5.91 Å². The Kier molecular flexibility index (Phi) is 4.69. The predicted octanol–water partition coefficient (Wildman–Crippen LogP) is 1.98. The summed E-state index contributed by atoms with van der Waals surface area (Å²) in [7, 11) is 1.95. The molecular weight excluding hydrogens is 295 g/mol. The van der Waals surface area contributed by atoms with Crippen LogP contribution >= 0.6 is 0 Å². The number of amides is 1. The minimum atomic E-state index is -0.294. The standard InChI is InChI=1S/C17H21FN4O/c1-21-12-19-20-16(21)10-13-5-7-22(8-6-13)17(23)11-14-3-2-4-15(18)9-14/h2-4,9,12-13H,5-8,10-11H2,1H3. The lowest BCUT2D eigenvalue weighted by atomic mass is 9.93. The van der Waals surface area contributed by atoms with Crippen molar-refractivity contribution in [2.24, 2.45) is 13.0 Å². The normalized spacial score (nSPS) is 15.8. The molecule has 1 aromatic carbocycles. The van der Waals surface area contributed by atoms with Crippen molar-refractivity contribution in [2.45, 2.75) is 25.7 Å². The van der Waals surface area contributed by atoms with Gasteiger partial charge in [-0.05, 0) is 36.5 Å². The molecule has 6 heteroatoms. The highest BCUT2D eigenvalue weighted by molar-refractivity contribution is 5.78. The fourth-order valence-electron chi connectivity index (χ4n) is 3.07. The number of hydrogen-bond donors (Lipinski definition) is 0. The molecule has 0 saturated carbocycles. The molecule has 1 fully saturated rings. The van der Waals surface area contributed by atoms with E-state index in [0.717, 1.165) is 43.7 Å². The summed E-state index contributed by atoms with van der Waals surface area (Å²) in [5, 5.41) is 8.03. The summed E-state index contributed by atoms with van der Waals surface area (Å²) in [5.74, 6) is 1.32. The lowest BCUT2D eigenvalue weighted by Gasteiger charge is -2.32. The topological polar surface area (TPSA) is 51.0 Å². The van der Waals surface area contributed by atoms with Crippen LogP contribution in [0.5, 0.6) is 0 Å². The summed E-state index contributed by atoms with van der Waals surface area (Å²) in [5.41, 5.74) is 0.733. The van der Waals surface area contributed by atoms with Crippen molar-refractivity contribution in [1.82, 2.24) is 19.7 Å². The number of piperidine rings is 1. The van der Waals surface area contributed by atoms with Crippen LogP contribution in [0.4, 0.5) is 4.39 Å². The van der Waals surface area contributed by atoms with Gasteiger partial charge in [-0.3, -0.25) is 4.79 Å². The van der Waals surface area contributed by atoms with E-state index >= 15 is 0 Å². The molecule has 0 radical (unpaired) electrons. The Morgan fingerprint density at radius 3 is 2.78 bits per heavy atom. The summed E-state index contributed by atoms with van der Waals surface area (Å²) in [6.45, 7) is 1.52. The second-order valence-corrected chi connectivity index (χ2v) is 6.19. The number of carbonyl (C=O) groups excluding carboxylic acids is 1. The van der Waals surface area contributed by atoms with Crippen LogP contribution in [0.2, 0.25) is 0 Å². The largest absolute Gasteiger partial charge is 0.342 e. The van der Waals surface area contributed by atoms with Crippen LogP contribution in [-0.4, -0.2) is 38.7 Å². The Hall–Kier alpha value is -2.24. The van der Waals surface area contributed by atoms with Gasteiger partial charge in [-0.25, -0.2) is 4.39 Å². The fourth-order valence-corrected chi connectivity index (χ4v) is 3.07. The van der Waals surface area contributed by atoms with E-state index in [1.165, 1.54) is 12.1 Å². The van der Waals surface area contributed by atoms with Crippen LogP contribution in [0, 0.1) is 11.7 Å². The van der Waals surface area contributed by atoms with Crippen LogP contribution in [0.25, 0.3) is 0 Å². The maximum absolute atomic E-state index is 13.2. The first kappa shape index (κ1) is 15.6. The van der Waals surface area contributed by atoms with Gasteiger partial charge in [0.05, 0.1) is 6.42 Å². The monoisotopic (exact) mass is 316 g/mol. The molecule has 0 spiro atoms. The van der Waals surface area contributed by atoms with Crippen LogP contribution in [0.3, 0.4) is 0 Å². The predicted molar refractivity (Wildman–Crippen MR) is 84.1 cm³/mol. The number of hydrogen-bond acceptors (Lipinski definition) is 3. The van der Waals surface area contributed by atoms with Crippen molar-refractivity contribution >= 4 is 5.91 Å². The zero-order chi connectivity index (χ0) is 16.2. The molecule has 0 aliphatic carbocycles. The molecule has 0 N–H and O–H groups in total. The minimum absolute atomic E-state index is 0.0766. The van der Waals surface area contributed by atoms with E-state index in [1.807, 2.05) is 16.5 Å². The van der Waals surface area contributed by atoms with Crippen LogP contribution in [0.15, 0.2) is 30.6 Å². The number of benzene rings is 1. The first-order valence-electron chi connectivity index (χ1n) is 7.97. The van der Waals surface area contributed by atoms with Crippen molar-refractivity contribution < 1.29 is 9.18 Å². The van der Waals surface area contributed by atoms with E-state index in [9.17, 15) is 9.18 Å². The van der Waals surface area contributed by atoms with Crippen LogP contribution in [0.1, 0.15) is 24.2 Å². The van der Waals surface area contributed by atoms with Gasteiger partial charge < -0.3 is 9.47 Å². The first-order valence-corrected chi connectivity index (χ1v) is 7.97. The molecule has 5 nitrogen and oxygen atoms in total. The van der Waals surface area contributed by atoms with Gasteiger partial charge in [-0.15, -0.1) is 10.2 Å². The van der Waals surface area contributed by atoms with Crippen LogP contribution in [-0.2, 0) is 24.7 Å². The SMILES string of the molecule is Cn1cnnc1CC1CCN(C(=O)Cc2cccc(F)c2)CC1. The van der Waals surface area contributed by atoms with E-state index in [0.29, 0.717) is 5.92 Å². The van der Waals surface area contributed by atoms with Crippen LogP contribution < -0.4 is 0 Å². The van der Waals surface area contributed by atoms with E-state index in [-0.39, 0.29) is 18.1 Å². The van der Waals surface area contributed by atoms with Crippen molar-refractivity contribution in [1.29, 1.82) is 0 Å². The maximum Gasteiger partial charge on any atom is 0.226 e. The summed E-state index contributed by atoms with van der Waals surface area (Å²) < 4.78 is 15.1. The molecule has 0 bridgehead atoms. The third kappa shape index (κ3) is 3.94. The molecule has 0 unspecified atom stereocenters. The molecule has 1 saturated heterocycles. The number of nitrogens with zero attached hydrogens (tertiary/aromatic N) is 4. The molecule has 23 heavy (non-hydrogen) atoms.